The Hall–Kier alpha value is -2.08. The third-order valence-electron chi connectivity index (χ3n) is 5.28. The molecule has 27 heavy (non-hydrogen) atoms. The van der Waals surface area contributed by atoms with E-state index < -0.39 is 11.2 Å². The fraction of sp³-hybridized carbons (Fsp3) is 0.286. The molecule has 4 rings (SSSR count). The predicted octanol–water partition coefficient (Wildman–Crippen LogP) is 4.60. The zero-order valence-corrected chi connectivity index (χ0v) is 16.5. The minimum absolute atomic E-state index is 0.448. The summed E-state index contributed by atoms with van der Waals surface area (Å²) < 4.78 is 11.9. The Morgan fingerprint density at radius 2 is 1.78 bits per heavy atom. The second kappa shape index (κ2) is 6.23. The molecule has 1 radical (unpaired) electrons. The lowest BCUT2D eigenvalue weighted by Gasteiger charge is -2.37. The highest BCUT2D eigenvalue weighted by Crippen LogP contribution is 2.34. The first kappa shape index (κ1) is 18.3. The van der Waals surface area contributed by atoms with Crippen molar-refractivity contribution >= 4 is 57.4 Å². The SMILES string of the molecule is CC(C)(O)C(C)(C)O[B]c1ncc(Cl)c2oc3cc4ccccc4cc3c12. The first-order valence-corrected chi connectivity index (χ1v) is 9.18. The van der Waals surface area contributed by atoms with Crippen LogP contribution in [0.1, 0.15) is 27.7 Å². The fourth-order valence-electron chi connectivity index (χ4n) is 2.89. The highest BCUT2D eigenvalue weighted by atomic mass is 35.5. The molecule has 4 nitrogen and oxygen atoms in total. The van der Waals surface area contributed by atoms with Crippen LogP contribution >= 0.6 is 11.6 Å². The zero-order valence-electron chi connectivity index (χ0n) is 15.7. The molecule has 0 saturated carbocycles. The maximum Gasteiger partial charge on any atom is 0.352 e. The number of benzene rings is 2. The number of halogens is 1. The maximum atomic E-state index is 10.3. The molecule has 0 fully saturated rings. The number of rotatable bonds is 4. The van der Waals surface area contributed by atoms with Crippen LogP contribution in [0.5, 0.6) is 0 Å². The maximum absolute atomic E-state index is 10.3. The van der Waals surface area contributed by atoms with Gasteiger partial charge in [-0.2, -0.15) is 0 Å². The molecule has 0 atom stereocenters. The van der Waals surface area contributed by atoms with E-state index in [1.54, 1.807) is 27.5 Å². The average molecular weight is 381 g/mol. The number of aliphatic hydroxyl groups is 1. The van der Waals surface area contributed by atoms with Gasteiger partial charge in [-0.25, -0.2) is 0 Å². The molecule has 0 bridgehead atoms. The molecule has 6 heteroatoms. The van der Waals surface area contributed by atoms with Crippen LogP contribution in [0.2, 0.25) is 5.02 Å². The summed E-state index contributed by atoms with van der Waals surface area (Å²) in [6.45, 7) is 7.09. The fourth-order valence-corrected chi connectivity index (χ4v) is 3.07. The number of furan rings is 1. The molecule has 0 saturated heterocycles. The summed E-state index contributed by atoms with van der Waals surface area (Å²) in [4.78, 5) is 4.44. The normalized spacial score (nSPS) is 13.0. The van der Waals surface area contributed by atoms with Crippen molar-refractivity contribution < 1.29 is 14.2 Å². The van der Waals surface area contributed by atoms with E-state index in [4.69, 9.17) is 20.7 Å². The summed E-state index contributed by atoms with van der Waals surface area (Å²) in [5, 5.41) is 14.7. The molecule has 2 aromatic heterocycles. The van der Waals surface area contributed by atoms with Crippen molar-refractivity contribution in [3.8, 4) is 0 Å². The highest BCUT2D eigenvalue weighted by molar-refractivity contribution is 6.52. The number of pyridine rings is 1. The molecule has 0 aliphatic carbocycles. The van der Waals surface area contributed by atoms with Gasteiger partial charge >= 0.3 is 7.48 Å². The lowest BCUT2D eigenvalue weighted by Crippen LogP contribution is -2.49. The molecule has 0 amide bonds. The van der Waals surface area contributed by atoms with Gasteiger partial charge < -0.3 is 14.2 Å². The van der Waals surface area contributed by atoms with Crippen LogP contribution in [0.3, 0.4) is 0 Å². The minimum atomic E-state index is -1.02. The topological polar surface area (TPSA) is 55.5 Å². The van der Waals surface area contributed by atoms with Gasteiger partial charge in [-0.1, -0.05) is 35.9 Å². The lowest BCUT2D eigenvalue weighted by molar-refractivity contribution is -0.0893. The van der Waals surface area contributed by atoms with E-state index in [2.05, 4.69) is 17.1 Å². The summed E-state index contributed by atoms with van der Waals surface area (Å²) in [7, 11) is 1.57. The van der Waals surface area contributed by atoms with Crippen molar-refractivity contribution in [3.63, 3.8) is 0 Å². The molecule has 137 valence electrons. The standard InChI is InChI=1S/C21H20BClNO3/c1-20(2,25)21(3,4)27-22-19-17-14-9-12-7-5-6-8-13(12)10-16(14)26-18(17)15(23)11-24-19/h5-11,25H,1-4H3. The van der Waals surface area contributed by atoms with E-state index in [9.17, 15) is 5.11 Å². The van der Waals surface area contributed by atoms with Crippen molar-refractivity contribution in [3.05, 3.63) is 47.6 Å². The van der Waals surface area contributed by atoms with Gasteiger partial charge in [-0.3, -0.25) is 4.98 Å². The van der Waals surface area contributed by atoms with E-state index in [0.717, 1.165) is 27.1 Å². The van der Waals surface area contributed by atoms with E-state index >= 15 is 0 Å². The van der Waals surface area contributed by atoms with Crippen LogP contribution in [0.15, 0.2) is 47.0 Å². The first-order valence-electron chi connectivity index (χ1n) is 8.80. The second-order valence-corrected chi connectivity index (χ2v) is 8.21. The second-order valence-electron chi connectivity index (χ2n) is 7.80. The summed E-state index contributed by atoms with van der Waals surface area (Å²) in [5.74, 6) is 0. The molecule has 0 aliphatic heterocycles. The van der Waals surface area contributed by atoms with E-state index in [1.807, 2.05) is 38.1 Å². The summed E-state index contributed by atoms with van der Waals surface area (Å²) >= 11 is 6.34. The molecule has 0 unspecified atom stereocenters. The van der Waals surface area contributed by atoms with Crippen molar-refractivity contribution in [2.75, 3.05) is 0 Å². The van der Waals surface area contributed by atoms with Gasteiger partial charge in [0, 0.05) is 22.6 Å². The predicted molar refractivity (Wildman–Crippen MR) is 111 cm³/mol. The van der Waals surface area contributed by atoms with Crippen molar-refractivity contribution in [1.82, 2.24) is 4.98 Å². The monoisotopic (exact) mass is 380 g/mol. The van der Waals surface area contributed by atoms with Gasteiger partial charge in [0.05, 0.1) is 11.2 Å². The van der Waals surface area contributed by atoms with Gasteiger partial charge in [0.15, 0.2) is 5.58 Å². The largest absolute Gasteiger partial charge is 0.454 e. The molecule has 0 spiro atoms. The van der Waals surface area contributed by atoms with Gasteiger partial charge in [-0.05, 0) is 50.6 Å². The van der Waals surface area contributed by atoms with Crippen LogP contribution in [-0.2, 0) is 4.65 Å². The van der Waals surface area contributed by atoms with Crippen LogP contribution in [0.25, 0.3) is 32.7 Å². The van der Waals surface area contributed by atoms with Crippen LogP contribution in [0.4, 0.5) is 0 Å². The number of fused-ring (bicyclic) bond motifs is 4. The van der Waals surface area contributed by atoms with Gasteiger partial charge in [-0.15, -0.1) is 0 Å². The molecule has 2 aromatic carbocycles. The Bertz CT molecular complexity index is 1160. The third-order valence-corrected chi connectivity index (χ3v) is 5.55. The smallest absolute Gasteiger partial charge is 0.352 e. The van der Waals surface area contributed by atoms with E-state index in [-0.39, 0.29) is 0 Å². The molecule has 2 heterocycles. The molecular formula is C21H20BClNO3. The Morgan fingerprint density at radius 1 is 1.11 bits per heavy atom. The quantitative estimate of drug-likeness (QED) is 0.526. The van der Waals surface area contributed by atoms with Gasteiger partial charge in [0.1, 0.15) is 10.6 Å². The Morgan fingerprint density at radius 3 is 2.44 bits per heavy atom. The molecule has 0 aliphatic rings. The Labute approximate surface area is 163 Å². The minimum Gasteiger partial charge on any atom is -0.454 e. The number of aromatic nitrogens is 1. The van der Waals surface area contributed by atoms with Crippen LogP contribution in [0, 0.1) is 0 Å². The van der Waals surface area contributed by atoms with Crippen molar-refractivity contribution in [1.29, 1.82) is 0 Å². The lowest BCUT2D eigenvalue weighted by atomic mass is 9.83. The Kier molecular flexibility index (Phi) is 4.22. The molecule has 4 aromatic rings. The summed E-state index contributed by atoms with van der Waals surface area (Å²) in [6, 6.07) is 12.2. The van der Waals surface area contributed by atoms with E-state index in [0.29, 0.717) is 16.2 Å². The highest BCUT2D eigenvalue weighted by Gasteiger charge is 2.36. The van der Waals surface area contributed by atoms with Crippen LogP contribution < -0.4 is 5.59 Å². The summed E-state index contributed by atoms with van der Waals surface area (Å²) in [6.07, 6.45) is 1.55. The molecular weight excluding hydrogens is 361 g/mol. The summed E-state index contributed by atoms with van der Waals surface area (Å²) in [5.41, 5.74) is 0.111. The number of hydrogen-bond acceptors (Lipinski definition) is 4. The number of nitrogens with zero attached hydrogens (tertiary/aromatic N) is 1. The van der Waals surface area contributed by atoms with Crippen LogP contribution in [-0.4, -0.2) is 28.8 Å². The Balaban J connectivity index is 1.88. The van der Waals surface area contributed by atoms with Gasteiger partial charge in [0.2, 0.25) is 0 Å². The third kappa shape index (κ3) is 3.10. The van der Waals surface area contributed by atoms with Gasteiger partial charge in [0.25, 0.3) is 0 Å². The van der Waals surface area contributed by atoms with Crippen molar-refractivity contribution in [2.45, 2.75) is 38.9 Å². The molecule has 1 N–H and O–H groups in total. The van der Waals surface area contributed by atoms with Crippen molar-refractivity contribution in [2.24, 2.45) is 0 Å². The average Bonchev–Trinajstić information content (AvgIpc) is 2.98. The first-order chi connectivity index (χ1) is 12.7. The van der Waals surface area contributed by atoms with E-state index in [1.165, 1.54) is 0 Å². The zero-order chi connectivity index (χ0) is 19.4. The number of hydrogen-bond donors (Lipinski definition) is 1.